The van der Waals surface area contributed by atoms with E-state index in [-0.39, 0.29) is 12.6 Å². The first-order valence-corrected chi connectivity index (χ1v) is 22.9. The van der Waals surface area contributed by atoms with Crippen LogP contribution in [0.2, 0.25) is 0 Å². The molecule has 0 aliphatic carbocycles. The molecule has 1 unspecified atom stereocenters. The molecule has 1 atom stereocenters. The topological polar surface area (TPSA) is 55.8 Å². The van der Waals surface area contributed by atoms with Gasteiger partial charge in [-0.2, -0.15) is 0 Å². The van der Waals surface area contributed by atoms with Crippen LogP contribution >= 0.6 is 0 Å². The third kappa shape index (κ3) is 43.2. The van der Waals surface area contributed by atoms with E-state index in [1.807, 2.05) is 0 Å². The monoisotopic (exact) mass is 719 g/mol. The van der Waals surface area contributed by atoms with E-state index in [4.69, 9.17) is 9.47 Å². The Morgan fingerprint density at radius 2 is 0.765 bits per heavy atom. The van der Waals surface area contributed by atoms with Gasteiger partial charge in [0.15, 0.2) is 0 Å². The molecule has 4 heteroatoms. The summed E-state index contributed by atoms with van der Waals surface area (Å²) in [6.07, 6.45) is 55.4. The van der Waals surface area contributed by atoms with Crippen molar-refractivity contribution in [1.29, 1.82) is 0 Å². The summed E-state index contributed by atoms with van der Waals surface area (Å²) in [6, 6.07) is 0. The number of hydrogen-bond donors (Lipinski definition) is 1. The smallest absolute Gasteiger partial charge is 0.306 e. The van der Waals surface area contributed by atoms with Gasteiger partial charge in [0.25, 0.3) is 0 Å². The standard InChI is InChI=1S/C47H90O4/c1-3-5-7-9-11-13-15-17-19-20-21-22-23-24-25-26-27-28-29-30-32-34-36-38-40-42-47(49)51-46(44-48)45-50-43-41-39-37-35-33-31-18-16-14-12-10-8-6-4-2/h14,16,20-21,46,48H,3-13,15,17-19,22-45H2,1-2H3/b16-14-,21-20-. The van der Waals surface area contributed by atoms with Gasteiger partial charge in [-0.25, -0.2) is 0 Å². The summed E-state index contributed by atoms with van der Waals surface area (Å²) in [4.78, 5) is 12.2. The van der Waals surface area contributed by atoms with Crippen molar-refractivity contribution in [1.82, 2.24) is 0 Å². The first-order valence-electron chi connectivity index (χ1n) is 22.9. The van der Waals surface area contributed by atoms with Crippen molar-refractivity contribution in [3.8, 4) is 0 Å². The molecule has 0 amide bonds. The van der Waals surface area contributed by atoms with Crippen LogP contribution in [-0.4, -0.2) is 37.0 Å². The molecule has 0 heterocycles. The maximum Gasteiger partial charge on any atom is 0.306 e. The third-order valence-corrected chi connectivity index (χ3v) is 10.2. The molecule has 4 nitrogen and oxygen atoms in total. The molecular formula is C47H90O4. The number of rotatable bonds is 43. The largest absolute Gasteiger partial charge is 0.457 e. The Morgan fingerprint density at radius 3 is 1.14 bits per heavy atom. The van der Waals surface area contributed by atoms with Crippen molar-refractivity contribution in [2.24, 2.45) is 0 Å². The third-order valence-electron chi connectivity index (χ3n) is 10.2. The van der Waals surface area contributed by atoms with Gasteiger partial charge in [0, 0.05) is 13.0 Å². The molecule has 0 saturated carbocycles. The van der Waals surface area contributed by atoms with E-state index in [0.29, 0.717) is 19.6 Å². The predicted octanol–water partition coefficient (Wildman–Crippen LogP) is 15.1. The molecule has 0 fully saturated rings. The fraction of sp³-hybridized carbons (Fsp3) is 0.894. The van der Waals surface area contributed by atoms with Gasteiger partial charge in [0.1, 0.15) is 6.10 Å². The van der Waals surface area contributed by atoms with Crippen molar-refractivity contribution in [3.05, 3.63) is 24.3 Å². The van der Waals surface area contributed by atoms with E-state index >= 15 is 0 Å². The molecule has 0 aliphatic rings. The van der Waals surface area contributed by atoms with Crippen molar-refractivity contribution in [2.45, 2.75) is 251 Å². The normalized spacial score (nSPS) is 12.5. The van der Waals surface area contributed by atoms with E-state index in [1.54, 1.807) is 0 Å². The maximum absolute atomic E-state index is 12.2. The Bertz CT molecular complexity index is 717. The number of aliphatic hydroxyl groups excluding tert-OH is 1. The zero-order chi connectivity index (χ0) is 37.0. The average Bonchev–Trinajstić information content (AvgIpc) is 3.14. The second-order valence-corrected chi connectivity index (χ2v) is 15.5. The van der Waals surface area contributed by atoms with Gasteiger partial charge in [0.05, 0.1) is 13.2 Å². The van der Waals surface area contributed by atoms with Gasteiger partial charge in [-0.1, -0.05) is 199 Å². The minimum atomic E-state index is -0.534. The lowest BCUT2D eigenvalue weighted by molar-refractivity contribution is -0.154. The molecule has 0 aromatic rings. The fourth-order valence-corrected chi connectivity index (χ4v) is 6.79. The SMILES string of the molecule is CCCCCC/C=C\CCCCCCCCOCC(CO)OC(=O)CCCCCCCCCCCCCCC/C=C\CCCCCCCCCC. The number of hydrogen-bond acceptors (Lipinski definition) is 4. The highest BCUT2D eigenvalue weighted by atomic mass is 16.6. The Kier molecular flexibility index (Phi) is 44.0. The van der Waals surface area contributed by atoms with E-state index in [9.17, 15) is 9.90 Å². The van der Waals surface area contributed by atoms with Gasteiger partial charge in [0.2, 0.25) is 0 Å². The number of ether oxygens (including phenoxy) is 2. The Balaban J connectivity index is 3.37. The first kappa shape index (κ1) is 49.9. The maximum atomic E-state index is 12.2. The summed E-state index contributed by atoms with van der Waals surface area (Å²) in [5.41, 5.74) is 0. The van der Waals surface area contributed by atoms with Gasteiger partial charge >= 0.3 is 5.97 Å². The summed E-state index contributed by atoms with van der Waals surface area (Å²) < 4.78 is 11.2. The number of allylic oxidation sites excluding steroid dienone is 4. The molecular weight excluding hydrogens is 629 g/mol. The second-order valence-electron chi connectivity index (χ2n) is 15.5. The number of carbonyl (C=O) groups excluding carboxylic acids is 1. The summed E-state index contributed by atoms with van der Waals surface area (Å²) in [7, 11) is 0. The zero-order valence-corrected chi connectivity index (χ0v) is 34.6. The van der Waals surface area contributed by atoms with Crippen molar-refractivity contribution < 1.29 is 19.4 Å². The first-order chi connectivity index (χ1) is 25.2. The van der Waals surface area contributed by atoms with Crippen molar-refractivity contribution in [2.75, 3.05) is 19.8 Å². The Labute approximate surface area is 319 Å². The van der Waals surface area contributed by atoms with Crippen molar-refractivity contribution in [3.63, 3.8) is 0 Å². The van der Waals surface area contributed by atoms with Crippen LogP contribution in [0.5, 0.6) is 0 Å². The van der Waals surface area contributed by atoms with Crippen LogP contribution in [0.25, 0.3) is 0 Å². The molecule has 0 aromatic heterocycles. The quantitative estimate of drug-likeness (QED) is 0.0387. The molecule has 0 bridgehead atoms. The Morgan fingerprint density at radius 1 is 0.451 bits per heavy atom. The molecule has 1 N–H and O–H groups in total. The van der Waals surface area contributed by atoms with E-state index in [0.717, 1.165) is 19.3 Å². The van der Waals surface area contributed by atoms with E-state index < -0.39 is 6.10 Å². The summed E-state index contributed by atoms with van der Waals surface area (Å²) in [6.45, 7) is 5.35. The van der Waals surface area contributed by atoms with Gasteiger partial charge < -0.3 is 14.6 Å². The predicted molar refractivity (Wildman–Crippen MR) is 224 cm³/mol. The molecule has 302 valence electrons. The van der Waals surface area contributed by atoms with Gasteiger partial charge in [-0.15, -0.1) is 0 Å². The minimum absolute atomic E-state index is 0.171. The van der Waals surface area contributed by atoms with Crippen LogP contribution in [-0.2, 0) is 14.3 Å². The number of carbonyl (C=O) groups is 1. The van der Waals surface area contributed by atoms with Crippen LogP contribution < -0.4 is 0 Å². The van der Waals surface area contributed by atoms with Crippen molar-refractivity contribution >= 4 is 5.97 Å². The van der Waals surface area contributed by atoms with E-state index in [2.05, 4.69) is 38.2 Å². The average molecular weight is 719 g/mol. The lowest BCUT2D eigenvalue weighted by Crippen LogP contribution is -2.27. The number of aliphatic hydroxyl groups is 1. The molecule has 51 heavy (non-hydrogen) atoms. The van der Waals surface area contributed by atoms with E-state index in [1.165, 1.54) is 205 Å². The highest BCUT2D eigenvalue weighted by Gasteiger charge is 2.13. The summed E-state index contributed by atoms with van der Waals surface area (Å²) >= 11 is 0. The highest BCUT2D eigenvalue weighted by Crippen LogP contribution is 2.15. The lowest BCUT2D eigenvalue weighted by Gasteiger charge is -2.15. The molecule has 0 rings (SSSR count). The molecule has 0 aromatic carbocycles. The zero-order valence-electron chi connectivity index (χ0n) is 34.6. The highest BCUT2D eigenvalue weighted by molar-refractivity contribution is 5.69. The van der Waals surface area contributed by atoms with Crippen LogP contribution in [0.3, 0.4) is 0 Å². The van der Waals surface area contributed by atoms with Crippen LogP contribution in [0, 0.1) is 0 Å². The summed E-state index contributed by atoms with van der Waals surface area (Å²) in [5.74, 6) is -0.200. The molecule has 0 spiro atoms. The minimum Gasteiger partial charge on any atom is -0.457 e. The van der Waals surface area contributed by atoms with Gasteiger partial charge in [-0.3, -0.25) is 4.79 Å². The second kappa shape index (κ2) is 45.0. The van der Waals surface area contributed by atoms with Gasteiger partial charge in [-0.05, 0) is 64.2 Å². The van der Waals surface area contributed by atoms with Crippen LogP contribution in [0.15, 0.2) is 24.3 Å². The number of unbranched alkanes of at least 4 members (excludes halogenated alkanes) is 31. The number of esters is 1. The van der Waals surface area contributed by atoms with Crippen LogP contribution in [0.1, 0.15) is 245 Å². The lowest BCUT2D eigenvalue weighted by atomic mass is 10.0. The van der Waals surface area contributed by atoms with Crippen LogP contribution in [0.4, 0.5) is 0 Å². The molecule has 0 saturated heterocycles. The fourth-order valence-electron chi connectivity index (χ4n) is 6.79. The summed E-state index contributed by atoms with van der Waals surface area (Å²) in [5, 5.41) is 9.60. The molecule has 0 aliphatic heterocycles. The molecule has 0 radical (unpaired) electrons. The Hall–Kier alpha value is -1.13.